The first-order valence-electron chi connectivity index (χ1n) is 7.18. The summed E-state index contributed by atoms with van der Waals surface area (Å²) >= 11 is 0. The minimum atomic E-state index is 0.312. The van der Waals surface area contributed by atoms with E-state index in [1.807, 2.05) is 18.2 Å². The average molecular weight is 268 g/mol. The Morgan fingerprint density at radius 1 is 0.850 bits per heavy atom. The Balaban J connectivity index is 1.96. The summed E-state index contributed by atoms with van der Waals surface area (Å²) < 4.78 is 0. The predicted octanol–water partition coefficient (Wildman–Crippen LogP) is 3.28. The Labute approximate surface area is 119 Å². The zero-order chi connectivity index (χ0) is 13.8. The largest absolute Gasteiger partial charge is 0.508 e. The van der Waals surface area contributed by atoms with Crippen molar-refractivity contribution in [2.45, 2.75) is 18.9 Å². The lowest BCUT2D eigenvalue weighted by Crippen LogP contribution is -2.40. The highest BCUT2D eigenvalue weighted by Crippen LogP contribution is 2.31. The number of aromatic hydroxyl groups is 1. The van der Waals surface area contributed by atoms with Crippen LogP contribution in [-0.2, 0) is 0 Å². The molecule has 3 heteroatoms. The van der Waals surface area contributed by atoms with Crippen LogP contribution in [-0.4, -0.2) is 24.2 Å². The lowest BCUT2D eigenvalue weighted by atomic mass is 10.0. The van der Waals surface area contributed by atoms with Gasteiger partial charge in [-0.25, -0.2) is 0 Å². The number of hydrogen-bond acceptors (Lipinski definition) is 3. The molecular formula is C17H20N2O. The van der Waals surface area contributed by atoms with Gasteiger partial charge in [0.05, 0.1) is 0 Å². The number of para-hydroxylation sites is 1. The van der Waals surface area contributed by atoms with E-state index in [1.54, 1.807) is 12.1 Å². The van der Waals surface area contributed by atoms with Crippen molar-refractivity contribution < 1.29 is 5.11 Å². The number of hydrogen-bond donors (Lipinski definition) is 2. The van der Waals surface area contributed by atoms with Crippen LogP contribution in [0.5, 0.6) is 5.75 Å². The van der Waals surface area contributed by atoms with Gasteiger partial charge in [-0.15, -0.1) is 0 Å². The molecule has 1 aliphatic rings. The van der Waals surface area contributed by atoms with E-state index in [-0.39, 0.29) is 0 Å². The van der Waals surface area contributed by atoms with Gasteiger partial charge in [-0.3, -0.25) is 0 Å². The number of phenols is 1. The summed E-state index contributed by atoms with van der Waals surface area (Å²) in [6.45, 7) is 2.12. The molecule has 0 aliphatic carbocycles. The monoisotopic (exact) mass is 268 g/mol. The highest BCUT2D eigenvalue weighted by Gasteiger charge is 2.22. The zero-order valence-corrected chi connectivity index (χ0v) is 11.5. The number of phenolic OH excluding ortho intramolecular Hbond substituents is 1. The zero-order valence-electron chi connectivity index (χ0n) is 11.5. The van der Waals surface area contributed by atoms with Crippen LogP contribution in [0, 0.1) is 0 Å². The second-order valence-corrected chi connectivity index (χ2v) is 5.20. The Bertz CT molecular complexity index is 533. The first-order chi connectivity index (χ1) is 9.84. The molecule has 20 heavy (non-hydrogen) atoms. The molecule has 0 radical (unpaired) electrons. The quantitative estimate of drug-likeness (QED) is 0.896. The first kappa shape index (κ1) is 13.0. The van der Waals surface area contributed by atoms with Crippen molar-refractivity contribution in [2.24, 2.45) is 0 Å². The SMILES string of the molecule is Oc1ccc(N(c2ccccc2)C2CCNCC2)cc1. The van der Waals surface area contributed by atoms with Gasteiger partial charge in [0.2, 0.25) is 0 Å². The maximum atomic E-state index is 9.49. The van der Waals surface area contributed by atoms with Crippen LogP contribution in [0.15, 0.2) is 54.6 Å². The van der Waals surface area contributed by atoms with Crippen LogP contribution < -0.4 is 10.2 Å². The van der Waals surface area contributed by atoms with Gasteiger partial charge in [0.15, 0.2) is 0 Å². The average Bonchev–Trinajstić information content (AvgIpc) is 2.52. The molecular weight excluding hydrogens is 248 g/mol. The number of benzene rings is 2. The second-order valence-electron chi connectivity index (χ2n) is 5.20. The van der Waals surface area contributed by atoms with Gasteiger partial charge in [0.1, 0.15) is 5.75 Å². The van der Waals surface area contributed by atoms with Crippen molar-refractivity contribution >= 4 is 11.4 Å². The molecule has 0 spiro atoms. The van der Waals surface area contributed by atoms with Gasteiger partial charge >= 0.3 is 0 Å². The van der Waals surface area contributed by atoms with E-state index in [0.29, 0.717) is 11.8 Å². The molecule has 1 saturated heterocycles. The van der Waals surface area contributed by atoms with Gasteiger partial charge in [-0.05, 0) is 62.3 Å². The highest BCUT2D eigenvalue weighted by atomic mass is 16.3. The fraction of sp³-hybridized carbons (Fsp3) is 0.294. The normalized spacial score (nSPS) is 16.0. The maximum Gasteiger partial charge on any atom is 0.115 e. The van der Waals surface area contributed by atoms with Crippen molar-refractivity contribution in [3.05, 3.63) is 54.6 Å². The van der Waals surface area contributed by atoms with Crippen LogP contribution in [0.4, 0.5) is 11.4 Å². The summed E-state index contributed by atoms with van der Waals surface area (Å²) in [7, 11) is 0. The molecule has 2 aromatic rings. The first-order valence-corrected chi connectivity index (χ1v) is 7.18. The number of rotatable bonds is 3. The lowest BCUT2D eigenvalue weighted by molar-refractivity contribution is 0.451. The van der Waals surface area contributed by atoms with E-state index >= 15 is 0 Å². The summed E-state index contributed by atoms with van der Waals surface area (Å²) in [6.07, 6.45) is 2.27. The molecule has 1 fully saturated rings. The van der Waals surface area contributed by atoms with Gasteiger partial charge in [-0.1, -0.05) is 18.2 Å². The third kappa shape index (κ3) is 2.78. The standard InChI is InChI=1S/C17H20N2O/c20-17-8-6-15(7-9-17)19(14-4-2-1-3-5-14)16-10-12-18-13-11-16/h1-9,16,18,20H,10-13H2. The Hall–Kier alpha value is -2.00. The fourth-order valence-electron chi connectivity index (χ4n) is 2.84. The highest BCUT2D eigenvalue weighted by molar-refractivity contribution is 5.64. The molecule has 0 atom stereocenters. The van der Waals surface area contributed by atoms with E-state index in [9.17, 15) is 5.11 Å². The number of nitrogens with one attached hydrogen (secondary N) is 1. The van der Waals surface area contributed by atoms with Crippen LogP contribution in [0.1, 0.15) is 12.8 Å². The van der Waals surface area contributed by atoms with E-state index < -0.39 is 0 Å². The Morgan fingerprint density at radius 2 is 1.45 bits per heavy atom. The minimum Gasteiger partial charge on any atom is -0.508 e. The molecule has 104 valence electrons. The fourth-order valence-corrected chi connectivity index (χ4v) is 2.84. The van der Waals surface area contributed by atoms with Gasteiger partial charge in [0, 0.05) is 17.4 Å². The molecule has 0 amide bonds. The number of anilines is 2. The molecule has 1 aliphatic heterocycles. The third-order valence-electron chi connectivity index (χ3n) is 3.84. The second kappa shape index (κ2) is 5.97. The smallest absolute Gasteiger partial charge is 0.115 e. The summed E-state index contributed by atoms with van der Waals surface area (Å²) in [5.74, 6) is 0.312. The summed E-state index contributed by atoms with van der Waals surface area (Å²) in [5.41, 5.74) is 2.35. The third-order valence-corrected chi connectivity index (χ3v) is 3.84. The molecule has 0 saturated carbocycles. The van der Waals surface area contributed by atoms with E-state index in [2.05, 4.69) is 34.5 Å². The van der Waals surface area contributed by atoms with Crippen LogP contribution in [0.25, 0.3) is 0 Å². The Morgan fingerprint density at radius 3 is 2.10 bits per heavy atom. The topological polar surface area (TPSA) is 35.5 Å². The molecule has 0 unspecified atom stereocenters. The molecule has 2 aromatic carbocycles. The van der Waals surface area contributed by atoms with Gasteiger partial charge in [-0.2, -0.15) is 0 Å². The number of nitrogens with zero attached hydrogens (tertiary/aromatic N) is 1. The number of piperidine rings is 1. The van der Waals surface area contributed by atoms with Crippen LogP contribution in [0.2, 0.25) is 0 Å². The van der Waals surface area contributed by atoms with Crippen LogP contribution >= 0.6 is 0 Å². The summed E-state index contributed by atoms with van der Waals surface area (Å²) in [5, 5.41) is 12.9. The molecule has 0 bridgehead atoms. The Kier molecular flexibility index (Phi) is 3.88. The van der Waals surface area contributed by atoms with E-state index in [1.165, 1.54) is 5.69 Å². The van der Waals surface area contributed by atoms with Crippen molar-refractivity contribution in [3.8, 4) is 5.75 Å². The summed E-state index contributed by atoms with van der Waals surface area (Å²) in [4.78, 5) is 2.39. The van der Waals surface area contributed by atoms with Crippen molar-refractivity contribution in [1.29, 1.82) is 0 Å². The molecule has 0 aromatic heterocycles. The van der Waals surface area contributed by atoms with Gasteiger partial charge < -0.3 is 15.3 Å². The predicted molar refractivity (Wildman–Crippen MR) is 82.6 cm³/mol. The van der Waals surface area contributed by atoms with Crippen molar-refractivity contribution in [2.75, 3.05) is 18.0 Å². The molecule has 1 heterocycles. The summed E-state index contributed by atoms with van der Waals surface area (Å²) in [6, 6.07) is 18.5. The van der Waals surface area contributed by atoms with Crippen LogP contribution in [0.3, 0.4) is 0 Å². The van der Waals surface area contributed by atoms with Gasteiger partial charge in [0.25, 0.3) is 0 Å². The molecule has 3 rings (SSSR count). The maximum absolute atomic E-state index is 9.49. The molecule has 2 N–H and O–H groups in total. The lowest BCUT2D eigenvalue weighted by Gasteiger charge is -2.36. The van der Waals surface area contributed by atoms with E-state index in [0.717, 1.165) is 31.6 Å². The van der Waals surface area contributed by atoms with Crippen molar-refractivity contribution in [3.63, 3.8) is 0 Å². The van der Waals surface area contributed by atoms with Crippen molar-refractivity contribution in [1.82, 2.24) is 5.32 Å². The van der Waals surface area contributed by atoms with E-state index in [4.69, 9.17) is 0 Å². The molecule has 3 nitrogen and oxygen atoms in total. The minimum absolute atomic E-state index is 0.312.